The molecule has 0 aliphatic rings. The van der Waals surface area contributed by atoms with Crippen molar-refractivity contribution >= 4 is 11.0 Å². The summed E-state index contributed by atoms with van der Waals surface area (Å²) in [5, 5.41) is 4.55. The van der Waals surface area contributed by atoms with Gasteiger partial charge in [0.25, 0.3) is 0 Å². The topological polar surface area (TPSA) is 44.5 Å². The van der Waals surface area contributed by atoms with E-state index >= 15 is 0 Å². The quantitative estimate of drug-likeness (QED) is 0.734. The largest absolute Gasteiger partial charge is 0.497 e. The van der Waals surface area contributed by atoms with Crippen LogP contribution in [0.15, 0.2) is 22.9 Å². The first-order valence-electron chi connectivity index (χ1n) is 3.81. The number of fused-ring (bicyclic) bond motifs is 1. The summed E-state index contributed by atoms with van der Waals surface area (Å²) in [5.41, 5.74) is 0.642. The molecule has 1 aromatic heterocycles. The van der Waals surface area contributed by atoms with Gasteiger partial charge in [0.2, 0.25) is 5.58 Å². The third-order valence-corrected chi connectivity index (χ3v) is 1.85. The zero-order valence-electron chi connectivity index (χ0n) is 7.90. The molecule has 1 aromatic carbocycles. The molecule has 0 saturated carbocycles. The van der Waals surface area contributed by atoms with Crippen LogP contribution in [0.3, 0.4) is 0 Å². The van der Waals surface area contributed by atoms with Crippen molar-refractivity contribution in [3.63, 3.8) is 0 Å². The summed E-state index contributed by atoms with van der Waals surface area (Å²) in [6, 6.07) is 3.60. The number of aromatic nitrogens is 1. The molecule has 0 bridgehead atoms. The second-order valence-electron chi connectivity index (χ2n) is 2.57. The molecule has 0 aliphatic carbocycles. The minimum absolute atomic E-state index is 0. The van der Waals surface area contributed by atoms with Crippen molar-refractivity contribution in [1.82, 2.24) is 5.16 Å². The van der Waals surface area contributed by atoms with E-state index in [-0.39, 0.29) is 21.7 Å². The van der Waals surface area contributed by atoms with Crippen molar-refractivity contribution in [2.75, 3.05) is 14.2 Å². The molecule has 0 spiro atoms. The average molecular weight is 227 g/mol. The Morgan fingerprint density at radius 2 is 2.00 bits per heavy atom. The van der Waals surface area contributed by atoms with Crippen molar-refractivity contribution in [3.05, 3.63) is 18.3 Å². The number of nitrogens with zero attached hydrogens (tertiary/aromatic N) is 1. The van der Waals surface area contributed by atoms with E-state index in [1.165, 1.54) is 0 Å². The van der Waals surface area contributed by atoms with Gasteiger partial charge in [0.15, 0.2) is 5.75 Å². The molecule has 0 saturated heterocycles. The first-order valence-corrected chi connectivity index (χ1v) is 3.81. The fourth-order valence-electron chi connectivity index (χ4n) is 1.20. The third kappa shape index (κ3) is 1.76. The van der Waals surface area contributed by atoms with Gasteiger partial charge in [-0.1, -0.05) is 5.16 Å². The Kier molecular flexibility index (Phi) is 3.55. The van der Waals surface area contributed by atoms with Crippen molar-refractivity contribution < 1.29 is 35.7 Å². The van der Waals surface area contributed by atoms with Crippen molar-refractivity contribution in [3.8, 4) is 11.5 Å². The summed E-state index contributed by atoms with van der Waals surface area (Å²) in [5.74, 6) is 1.36. The van der Waals surface area contributed by atoms with Gasteiger partial charge in [-0.05, 0) is 6.07 Å². The monoisotopic (exact) mass is 227 g/mol. The summed E-state index contributed by atoms with van der Waals surface area (Å²) in [6.07, 6.45) is 1.63. The Hall–Kier alpha value is -0.996. The van der Waals surface area contributed by atoms with Gasteiger partial charge in [0.05, 0.1) is 20.4 Å². The van der Waals surface area contributed by atoms with Gasteiger partial charge in [0, 0.05) is 33.2 Å². The molecule has 2 aromatic rings. The molecule has 14 heavy (non-hydrogen) atoms. The molecule has 0 unspecified atom stereocenters. The van der Waals surface area contributed by atoms with Crippen LogP contribution in [0, 0.1) is 0 Å². The molecule has 5 heteroatoms. The van der Waals surface area contributed by atoms with Crippen LogP contribution in [0.5, 0.6) is 11.5 Å². The van der Waals surface area contributed by atoms with E-state index in [4.69, 9.17) is 14.0 Å². The number of ether oxygens (including phenoxy) is 2. The Labute approximate surface area is 96.0 Å². The molecule has 0 amide bonds. The Morgan fingerprint density at radius 1 is 1.21 bits per heavy atom. The Bertz CT molecular complexity index is 427. The van der Waals surface area contributed by atoms with E-state index in [2.05, 4.69) is 5.16 Å². The summed E-state index contributed by atoms with van der Waals surface area (Å²) >= 11 is 0. The van der Waals surface area contributed by atoms with E-state index < -0.39 is 0 Å². The maximum absolute atomic E-state index is 5.11. The first-order chi connectivity index (χ1) is 6.35. The number of methoxy groups -OCH3 is 2. The van der Waals surface area contributed by atoms with Crippen LogP contribution in [0.25, 0.3) is 11.0 Å². The van der Waals surface area contributed by atoms with Gasteiger partial charge in [-0.15, -0.1) is 0 Å². The van der Waals surface area contributed by atoms with Gasteiger partial charge in [-0.3, -0.25) is 0 Å². The molecule has 1 heterocycles. The van der Waals surface area contributed by atoms with E-state index in [9.17, 15) is 0 Å². The molecule has 2 rings (SSSR count). The first kappa shape index (κ1) is 11.1. The molecule has 4 nitrogen and oxygen atoms in total. The standard InChI is InChI=1S/C9H9NO3.Ti/c1-11-7-3-6-5-10-13-9(6)8(4-7)12-2;/h3-5H,1-2H3;. The maximum Gasteiger partial charge on any atom is 0.208 e. The smallest absolute Gasteiger partial charge is 0.208 e. The molecule has 72 valence electrons. The van der Waals surface area contributed by atoms with Crippen LogP contribution in [0.4, 0.5) is 0 Å². The average Bonchev–Trinajstić information content (AvgIpc) is 2.63. The SMILES string of the molecule is COc1cc(OC)c2oncc2c1.[Ti]. The third-order valence-electron chi connectivity index (χ3n) is 1.85. The van der Waals surface area contributed by atoms with Crippen LogP contribution in [-0.4, -0.2) is 19.4 Å². The second kappa shape index (κ2) is 4.48. The van der Waals surface area contributed by atoms with E-state index in [1.807, 2.05) is 6.07 Å². The minimum atomic E-state index is 0. The molecular formula is C9H9NO3Ti. The normalized spacial score (nSPS) is 9.57. The zero-order valence-corrected chi connectivity index (χ0v) is 9.47. The molecule has 0 N–H and O–H groups in total. The van der Waals surface area contributed by atoms with E-state index in [0.29, 0.717) is 11.3 Å². The fraction of sp³-hybridized carbons (Fsp3) is 0.222. The van der Waals surface area contributed by atoms with E-state index in [1.54, 1.807) is 26.5 Å². The summed E-state index contributed by atoms with van der Waals surface area (Å²) in [7, 11) is 3.19. The Morgan fingerprint density at radius 3 is 2.64 bits per heavy atom. The number of rotatable bonds is 2. The van der Waals surface area contributed by atoms with Crippen molar-refractivity contribution in [2.24, 2.45) is 0 Å². The predicted octanol–water partition coefficient (Wildman–Crippen LogP) is 1.84. The molecule has 0 radical (unpaired) electrons. The summed E-state index contributed by atoms with van der Waals surface area (Å²) < 4.78 is 15.2. The number of hydrogen-bond acceptors (Lipinski definition) is 4. The van der Waals surface area contributed by atoms with Gasteiger partial charge >= 0.3 is 0 Å². The fourth-order valence-corrected chi connectivity index (χ4v) is 1.20. The van der Waals surface area contributed by atoms with Gasteiger partial charge in [-0.25, -0.2) is 0 Å². The van der Waals surface area contributed by atoms with Crippen LogP contribution in [0.2, 0.25) is 0 Å². The van der Waals surface area contributed by atoms with Crippen LogP contribution in [-0.2, 0) is 21.7 Å². The van der Waals surface area contributed by atoms with Gasteiger partial charge in [-0.2, -0.15) is 0 Å². The number of hydrogen-bond donors (Lipinski definition) is 0. The molecule has 0 aliphatic heterocycles. The second-order valence-corrected chi connectivity index (χ2v) is 2.57. The Balaban J connectivity index is 0.000000980. The maximum atomic E-state index is 5.11. The van der Waals surface area contributed by atoms with Gasteiger partial charge < -0.3 is 14.0 Å². The minimum Gasteiger partial charge on any atom is -0.497 e. The van der Waals surface area contributed by atoms with Crippen molar-refractivity contribution in [2.45, 2.75) is 0 Å². The van der Waals surface area contributed by atoms with Crippen molar-refractivity contribution in [1.29, 1.82) is 0 Å². The summed E-state index contributed by atoms with van der Waals surface area (Å²) in [6.45, 7) is 0. The zero-order chi connectivity index (χ0) is 9.26. The van der Waals surface area contributed by atoms with Crippen LogP contribution in [0.1, 0.15) is 0 Å². The molecule has 0 fully saturated rings. The van der Waals surface area contributed by atoms with Gasteiger partial charge in [0.1, 0.15) is 5.75 Å². The molecule has 0 atom stereocenters. The van der Waals surface area contributed by atoms with E-state index in [0.717, 1.165) is 11.1 Å². The predicted molar refractivity (Wildman–Crippen MR) is 47.1 cm³/mol. The molecular weight excluding hydrogens is 218 g/mol. The summed E-state index contributed by atoms with van der Waals surface area (Å²) in [4.78, 5) is 0. The van der Waals surface area contributed by atoms with Crippen LogP contribution >= 0.6 is 0 Å². The number of benzene rings is 1. The van der Waals surface area contributed by atoms with Crippen LogP contribution < -0.4 is 9.47 Å².